The highest BCUT2D eigenvalue weighted by molar-refractivity contribution is 7.89. The molecule has 0 heterocycles. The third-order valence-corrected chi connectivity index (χ3v) is 7.95. The fourth-order valence-corrected chi connectivity index (χ4v) is 5.74. The van der Waals surface area contributed by atoms with E-state index in [1.807, 2.05) is 0 Å². The minimum Gasteiger partial charge on any atom is -0.207 e. The molecule has 3 atom stereocenters. The molecule has 1 N–H and O–H groups in total. The van der Waals surface area contributed by atoms with Crippen molar-refractivity contribution in [1.29, 1.82) is 0 Å². The Morgan fingerprint density at radius 1 is 1.19 bits per heavy atom. The zero-order chi connectivity index (χ0) is 15.5. The van der Waals surface area contributed by atoms with Crippen LogP contribution in [0.25, 0.3) is 0 Å². The van der Waals surface area contributed by atoms with Crippen LogP contribution in [0.1, 0.15) is 40.0 Å². The van der Waals surface area contributed by atoms with Crippen molar-refractivity contribution in [2.24, 2.45) is 16.7 Å². The minimum atomic E-state index is -3.48. The van der Waals surface area contributed by atoms with Crippen LogP contribution in [-0.4, -0.2) is 14.5 Å². The maximum Gasteiger partial charge on any atom is 0.240 e. The van der Waals surface area contributed by atoms with Gasteiger partial charge in [0.2, 0.25) is 10.0 Å². The lowest BCUT2D eigenvalue weighted by molar-refractivity contribution is 0.130. The van der Waals surface area contributed by atoms with E-state index in [0.717, 1.165) is 12.8 Å². The SMILES string of the molecule is CC1(C)[C@H]2CC[C@]1(C)[C@H](NS(=O)(=O)c1ccc(Cl)cc1)C2. The van der Waals surface area contributed by atoms with Gasteiger partial charge >= 0.3 is 0 Å². The minimum absolute atomic E-state index is 0.0203. The van der Waals surface area contributed by atoms with Gasteiger partial charge in [0.1, 0.15) is 0 Å². The van der Waals surface area contributed by atoms with Gasteiger partial charge in [-0.2, -0.15) is 0 Å². The molecule has 2 aliphatic carbocycles. The van der Waals surface area contributed by atoms with E-state index >= 15 is 0 Å². The second-order valence-corrected chi connectivity index (χ2v) is 9.39. The van der Waals surface area contributed by atoms with Crippen molar-refractivity contribution in [3.8, 4) is 0 Å². The van der Waals surface area contributed by atoms with Gasteiger partial charge in [0.25, 0.3) is 0 Å². The normalized spacial score (nSPS) is 34.3. The molecule has 2 aliphatic rings. The molecule has 0 aromatic heterocycles. The summed E-state index contributed by atoms with van der Waals surface area (Å²) in [6.45, 7) is 6.79. The highest BCUT2D eigenvalue weighted by atomic mass is 35.5. The predicted octanol–water partition coefficient (Wildman–Crippen LogP) is 3.83. The Hall–Kier alpha value is -0.580. The van der Waals surface area contributed by atoms with Gasteiger partial charge in [-0.05, 0) is 60.3 Å². The van der Waals surface area contributed by atoms with E-state index in [-0.39, 0.29) is 21.8 Å². The molecule has 0 spiro atoms. The Kier molecular flexibility index (Phi) is 3.43. The van der Waals surface area contributed by atoms with Crippen molar-refractivity contribution in [3.05, 3.63) is 29.3 Å². The number of benzene rings is 1. The summed E-state index contributed by atoms with van der Waals surface area (Å²) >= 11 is 5.83. The molecule has 116 valence electrons. The zero-order valence-corrected chi connectivity index (χ0v) is 14.3. The van der Waals surface area contributed by atoms with Crippen molar-refractivity contribution < 1.29 is 8.42 Å². The Morgan fingerprint density at radius 3 is 2.29 bits per heavy atom. The number of hydrogen-bond donors (Lipinski definition) is 1. The van der Waals surface area contributed by atoms with Crippen LogP contribution in [0.2, 0.25) is 5.02 Å². The Balaban J connectivity index is 1.86. The molecule has 5 heteroatoms. The summed E-state index contributed by atoms with van der Waals surface area (Å²) in [5, 5.41) is 0.543. The van der Waals surface area contributed by atoms with E-state index in [2.05, 4.69) is 25.5 Å². The number of halogens is 1. The van der Waals surface area contributed by atoms with Crippen LogP contribution in [0.15, 0.2) is 29.2 Å². The molecule has 21 heavy (non-hydrogen) atoms. The lowest BCUT2D eigenvalue weighted by atomic mass is 9.69. The molecule has 3 nitrogen and oxygen atoms in total. The molecule has 3 rings (SSSR count). The third kappa shape index (κ3) is 2.23. The van der Waals surface area contributed by atoms with E-state index in [0.29, 0.717) is 10.9 Å². The molecule has 0 saturated heterocycles. The molecule has 0 amide bonds. The number of rotatable bonds is 3. The fourth-order valence-electron chi connectivity index (χ4n) is 4.25. The number of sulfonamides is 1. The van der Waals surface area contributed by atoms with E-state index in [4.69, 9.17) is 11.6 Å². The monoisotopic (exact) mass is 327 g/mol. The standard InChI is InChI=1S/C16H22ClNO2S/c1-15(2)11-8-9-16(15,3)14(10-11)18-21(19,20)13-6-4-12(17)5-7-13/h4-7,11,14,18H,8-10H2,1-3H3/t11-,14+,16+/m0/s1. The first kappa shape index (κ1) is 15.3. The first-order chi connectivity index (χ1) is 9.67. The van der Waals surface area contributed by atoms with E-state index in [1.165, 1.54) is 6.42 Å². The second kappa shape index (κ2) is 4.71. The molecule has 2 saturated carbocycles. The molecule has 0 aliphatic heterocycles. The second-order valence-electron chi connectivity index (χ2n) is 7.24. The number of hydrogen-bond acceptors (Lipinski definition) is 2. The topological polar surface area (TPSA) is 46.2 Å². The van der Waals surface area contributed by atoms with Gasteiger partial charge in [-0.1, -0.05) is 32.4 Å². The molecule has 1 aromatic rings. The van der Waals surface area contributed by atoms with Gasteiger partial charge in [0.15, 0.2) is 0 Å². The van der Waals surface area contributed by atoms with Gasteiger partial charge in [-0.3, -0.25) is 0 Å². The summed E-state index contributed by atoms with van der Waals surface area (Å²) in [5.74, 6) is 0.611. The highest BCUT2D eigenvalue weighted by Crippen LogP contribution is 2.65. The summed E-state index contributed by atoms with van der Waals surface area (Å²) in [6.07, 6.45) is 3.25. The summed E-state index contributed by atoms with van der Waals surface area (Å²) in [4.78, 5) is 0.288. The summed E-state index contributed by atoms with van der Waals surface area (Å²) in [5.41, 5.74) is 0.233. The van der Waals surface area contributed by atoms with Crippen molar-refractivity contribution in [3.63, 3.8) is 0 Å². The smallest absolute Gasteiger partial charge is 0.207 e. The largest absolute Gasteiger partial charge is 0.240 e. The molecule has 1 aromatic carbocycles. The maximum absolute atomic E-state index is 12.6. The van der Waals surface area contributed by atoms with Gasteiger partial charge in [-0.25, -0.2) is 13.1 Å². The van der Waals surface area contributed by atoms with Crippen LogP contribution in [0.3, 0.4) is 0 Å². The van der Waals surface area contributed by atoms with Crippen LogP contribution in [0.4, 0.5) is 0 Å². The average Bonchev–Trinajstić information content (AvgIpc) is 2.72. The van der Waals surface area contributed by atoms with Gasteiger partial charge in [0, 0.05) is 11.1 Å². The lowest BCUT2D eigenvalue weighted by Gasteiger charge is -2.39. The fraction of sp³-hybridized carbons (Fsp3) is 0.625. The molecule has 2 bridgehead atoms. The zero-order valence-electron chi connectivity index (χ0n) is 12.7. The molecular weight excluding hydrogens is 306 g/mol. The van der Waals surface area contributed by atoms with Crippen molar-refractivity contribution in [1.82, 2.24) is 4.72 Å². The quantitative estimate of drug-likeness (QED) is 0.917. The predicted molar refractivity (Wildman–Crippen MR) is 84.8 cm³/mol. The van der Waals surface area contributed by atoms with E-state index in [1.54, 1.807) is 24.3 Å². The Morgan fingerprint density at radius 2 is 1.81 bits per heavy atom. The average molecular weight is 328 g/mol. The molecule has 0 unspecified atom stereocenters. The maximum atomic E-state index is 12.6. The number of nitrogens with one attached hydrogen (secondary N) is 1. The Bertz CT molecular complexity index is 653. The van der Waals surface area contributed by atoms with Gasteiger partial charge in [-0.15, -0.1) is 0 Å². The van der Waals surface area contributed by atoms with E-state index in [9.17, 15) is 8.42 Å². The van der Waals surface area contributed by atoms with Gasteiger partial charge in [0.05, 0.1) is 4.90 Å². The highest BCUT2D eigenvalue weighted by Gasteiger charge is 2.61. The Labute approximate surface area is 132 Å². The van der Waals surface area contributed by atoms with Crippen LogP contribution in [0, 0.1) is 16.7 Å². The number of fused-ring (bicyclic) bond motifs is 2. The summed E-state index contributed by atoms with van der Waals surface area (Å²) < 4.78 is 28.1. The first-order valence-corrected chi connectivity index (χ1v) is 9.31. The molecule has 2 fully saturated rings. The van der Waals surface area contributed by atoms with Crippen LogP contribution in [0.5, 0.6) is 0 Å². The van der Waals surface area contributed by atoms with E-state index < -0.39 is 10.0 Å². The van der Waals surface area contributed by atoms with Crippen LogP contribution < -0.4 is 4.72 Å². The summed E-state index contributed by atoms with van der Waals surface area (Å²) in [7, 11) is -3.48. The first-order valence-electron chi connectivity index (χ1n) is 7.45. The third-order valence-electron chi connectivity index (χ3n) is 6.22. The van der Waals surface area contributed by atoms with Crippen molar-refractivity contribution in [2.45, 2.75) is 51.0 Å². The van der Waals surface area contributed by atoms with Crippen LogP contribution >= 0.6 is 11.6 Å². The van der Waals surface area contributed by atoms with Crippen LogP contribution in [-0.2, 0) is 10.0 Å². The van der Waals surface area contributed by atoms with Gasteiger partial charge < -0.3 is 0 Å². The lowest BCUT2D eigenvalue weighted by Crippen LogP contribution is -2.46. The molecule has 0 radical (unpaired) electrons. The summed E-state index contributed by atoms with van der Waals surface area (Å²) in [6, 6.07) is 6.37. The van der Waals surface area contributed by atoms with Crippen molar-refractivity contribution in [2.75, 3.05) is 0 Å². The van der Waals surface area contributed by atoms with Crippen molar-refractivity contribution >= 4 is 21.6 Å². The molecular formula is C16H22ClNO2S.